The molecule has 0 bridgehead atoms. The zero-order chi connectivity index (χ0) is 31.3. The van der Waals surface area contributed by atoms with E-state index in [9.17, 15) is 9.59 Å². The zero-order valence-corrected chi connectivity index (χ0v) is 29.1. The molecule has 0 aromatic heterocycles. The first-order valence-electron chi connectivity index (χ1n) is 19.5. The second-order valence-electron chi connectivity index (χ2n) is 13.5. The average molecular weight is 609 g/mol. The van der Waals surface area contributed by atoms with Crippen LogP contribution in [0.15, 0.2) is 0 Å². The van der Waals surface area contributed by atoms with Crippen LogP contribution >= 0.6 is 0 Å². The molecular weight excluding hydrogens is 532 g/mol. The molecule has 0 saturated carbocycles. The number of unbranched alkanes of at least 4 members (excludes halogenated alkanes) is 33. The van der Waals surface area contributed by atoms with Crippen molar-refractivity contribution in [3.05, 3.63) is 0 Å². The van der Waals surface area contributed by atoms with Crippen molar-refractivity contribution in [3.8, 4) is 0 Å². The lowest BCUT2D eigenvalue weighted by molar-refractivity contribution is -0.141. The van der Waals surface area contributed by atoms with Crippen molar-refractivity contribution in [2.75, 3.05) is 7.11 Å². The summed E-state index contributed by atoms with van der Waals surface area (Å²) in [6.07, 6.45) is 47.2. The highest BCUT2D eigenvalue weighted by molar-refractivity contribution is 5.69. The van der Waals surface area contributed by atoms with Crippen molar-refractivity contribution in [1.82, 2.24) is 0 Å². The third-order valence-corrected chi connectivity index (χ3v) is 9.25. The highest BCUT2D eigenvalue weighted by Gasteiger charge is 2.00. The maximum Gasteiger partial charge on any atom is 0.305 e. The van der Waals surface area contributed by atoms with Crippen molar-refractivity contribution in [2.45, 2.75) is 231 Å². The number of ether oxygens (including phenoxy) is 1. The summed E-state index contributed by atoms with van der Waals surface area (Å²) in [6.45, 7) is 0. The SMILES string of the molecule is COC(=O)CCCCCCCCCCCCCCCCCCCCCCCCCCCCCCCCCCCCC(=O)O. The summed E-state index contributed by atoms with van der Waals surface area (Å²) in [5.41, 5.74) is 0. The second-order valence-corrected chi connectivity index (χ2v) is 13.5. The van der Waals surface area contributed by atoms with E-state index in [0.717, 1.165) is 19.3 Å². The van der Waals surface area contributed by atoms with Crippen LogP contribution in [0, 0.1) is 0 Å². The van der Waals surface area contributed by atoms with E-state index in [2.05, 4.69) is 4.74 Å². The van der Waals surface area contributed by atoms with Gasteiger partial charge in [0, 0.05) is 12.8 Å². The molecule has 0 aliphatic carbocycles. The lowest BCUT2D eigenvalue weighted by Gasteiger charge is -2.05. The number of rotatable bonds is 37. The third-order valence-electron chi connectivity index (χ3n) is 9.25. The Balaban J connectivity index is 3.05. The van der Waals surface area contributed by atoms with E-state index in [4.69, 9.17) is 5.11 Å². The van der Waals surface area contributed by atoms with Crippen LogP contribution in [0.3, 0.4) is 0 Å². The monoisotopic (exact) mass is 609 g/mol. The number of methoxy groups -OCH3 is 1. The van der Waals surface area contributed by atoms with Gasteiger partial charge in [-0.2, -0.15) is 0 Å². The molecule has 256 valence electrons. The van der Waals surface area contributed by atoms with Crippen LogP contribution in [0.25, 0.3) is 0 Å². The Hall–Kier alpha value is -1.06. The fourth-order valence-electron chi connectivity index (χ4n) is 6.30. The molecule has 0 aliphatic rings. The van der Waals surface area contributed by atoms with Crippen LogP contribution in [-0.4, -0.2) is 24.2 Å². The number of carbonyl (C=O) groups excluding carboxylic acids is 1. The topological polar surface area (TPSA) is 63.6 Å². The molecule has 0 amide bonds. The van der Waals surface area contributed by atoms with Crippen molar-refractivity contribution in [1.29, 1.82) is 0 Å². The minimum atomic E-state index is -0.652. The Bertz CT molecular complexity index is 561. The smallest absolute Gasteiger partial charge is 0.305 e. The van der Waals surface area contributed by atoms with Crippen molar-refractivity contribution >= 4 is 11.9 Å². The standard InChI is InChI=1S/C39H76O4/c1-43-39(42)37-35-33-31-29-27-25-23-21-19-17-15-13-11-9-7-5-3-2-4-6-8-10-12-14-16-18-20-22-24-26-28-30-32-34-36-38(40)41/h2-37H2,1H3,(H,40,41). The third kappa shape index (κ3) is 38.9. The van der Waals surface area contributed by atoms with Gasteiger partial charge in [0.15, 0.2) is 0 Å². The molecular formula is C39H76O4. The summed E-state index contributed by atoms with van der Waals surface area (Å²) < 4.78 is 4.68. The number of carbonyl (C=O) groups is 2. The molecule has 1 N–H and O–H groups in total. The van der Waals surface area contributed by atoms with E-state index in [0.29, 0.717) is 12.8 Å². The molecule has 0 aliphatic heterocycles. The minimum absolute atomic E-state index is 0.0653. The summed E-state index contributed by atoms with van der Waals surface area (Å²) in [5, 5.41) is 8.64. The quantitative estimate of drug-likeness (QED) is 0.0563. The fraction of sp³-hybridized carbons (Fsp3) is 0.949. The molecule has 0 aromatic rings. The molecule has 4 heteroatoms. The number of hydrogen-bond acceptors (Lipinski definition) is 3. The van der Waals surface area contributed by atoms with Crippen LogP contribution in [-0.2, 0) is 14.3 Å². The van der Waals surface area contributed by atoms with Crippen LogP contribution in [0.2, 0.25) is 0 Å². The van der Waals surface area contributed by atoms with Gasteiger partial charge < -0.3 is 9.84 Å². The fourth-order valence-corrected chi connectivity index (χ4v) is 6.30. The van der Waals surface area contributed by atoms with E-state index in [1.54, 1.807) is 0 Å². The van der Waals surface area contributed by atoms with Gasteiger partial charge in [-0.15, -0.1) is 0 Å². The van der Waals surface area contributed by atoms with Gasteiger partial charge in [0.25, 0.3) is 0 Å². The highest BCUT2D eigenvalue weighted by atomic mass is 16.5. The summed E-state index contributed by atoms with van der Waals surface area (Å²) in [5.74, 6) is -0.717. The maximum absolute atomic E-state index is 11.1. The zero-order valence-electron chi connectivity index (χ0n) is 29.1. The lowest BCUT2D eigenvalue weighted by atomic mass is 10.0. The van der Waals surface area contributed by atoms with Gasteiger partial charge in [0.1, 0.15) is 0 Å². The number of esters is 1. The minimum Gasteiger partial charge on any atom is -0.481 e. The number of hydrogen-bond donors (Lipinski definition) is 1. The Morgan fingerprint density at radius 2 is 0.488 bits per heavy atom. The van der Waals surface area contributed by atoms with E-state index < -0.39 is 5.97 Å². The van der Waals surface area contributed by atoms with Gasteiger partial charge in [0.05, 0.1) is 7.11 Å². The van der Waals surface area contributed by atoms with Gasteiger partial charge in [0.2, 0.25) is 0 Å². The summed E-state index contributed by atoms with van der Waals surface area (Å²) in [6, 6.07) is 0. The highest BCUT2D eigenvalue weighted by Crippen LogP contribution is 2.17. The molecule has 43 heavy (non-hydrogen) atoms. The van der Waals surface area contributed by atoms with E-state index >= 15 is 0 Å². The molecule has 0 rings (SSSR count). The van der Waals surface area contributed by atoms with Crippen molar-refractivity contribution in [2.24, 2.45) is 0 Å². The van der Waals surface area contributed by atoms with Crippen molar-refractivity contribution < 1.29 is 19.4 Å². The van der Waals surface area contributed by atoms with Gasteiger partial charge in [-0.25, -0.2) is 0 Å². The first-order chi connectivity index (χ1) is 21.2. The van der Waals surface area contributed by atoms with E-state index in [-0.39, 0.29) is 5.97 Å². The van der Waals surface area contributed by atoms with Crippen LogP contribution in [0.1, 0.15) is 231 Å². The van der Waals surface area contributed by atoms with Gasteiger partial charge in [-0.1, -0.05) is 205 Å². The molecule has 0 unspecified atom stereocenters. The number of carboxylic acids is 1. The first kappa shape index (κ1) is 41.9. The molecule has 0 heterocycles. The molecule has 0 spiro atoms. The molecule has 0 saturated heterocycles. The van der Waals surface area contributed by atoms with Crippen LogP contribution < -0.4 is 0 Å². The Morgan fingerprint density at radius 1 is 0.326 bits per heavy atom. The lowest BCUT2D eigenvalue weighted by Crippen LogP contribution is -1.99. The summed E-state index contributed by atoms with van der Waals surface area (Å²) >= 11 is 0. The van der Waals surface area contributed by atoms with Crippen LogP contribution in [0.5, 0.6) is 0 Å². The average Bonchev–Trinajstić information content (AvgIpc) is 3.00. The predicted octanol–water partition coefficient (Wildman–Crippen LogP) is 13.3. The molecule has 0 atom stereocenters. The maximum atomic E-state index is 11.1. The van der Waals surface area contributed by atoms with Gasteiger partial charge in [-0.05, 0) is 12.8 Å². The van der Waals surface area contributed by atoms with Gasteiger partial charge >= 0.3 is 11.9 Å². The summed E-state index contributed by atoms with van der Waals surface area (Å²) in [4.78, 5) is 21.6. The molecule has 0 radical (unpaired) electrons. The van der Waals surface area contributed by atoms with Crippen molar-refractivity contribution in [3.63, 3.8) is 0 Å². The largest absolute Gasteiger partial charge is 0.481 e. The number of aliphatic carboxylic acids is 1. The second kappa shape index (κ2) is 37.1. The Kier molecular flexibility index (Phi) is 36.2. The molecule has 0 fully saturated rings. The van der Waals surface area contributed by atoms with Gasteiger partial charge in [-0.3, -0.25) is 9.59 Å². The number of carboxylic acid groups (broad SMARTS) is 1. The predicted molar refractivity (Wildman–Crippen MR) is 186 cm³/mol. The normalized spacial score (nSPS) is 11.3. The van der Waals surface area contributed by atoms with E-state index in [1.165, 1.54) is 206 Å². The van der Waals surface area contributed by atoms with E-state index in [1.807, 2.05) is 0 Å². The molecule has 4 nitrogen and oxygen atoms in total. The Morgan fingerprint density at radius 3 is 0.651 bits per heavy atom. The summed E-state index contributed by atoms with van der Waals surface area (Å²) in [7, 11) is 1.47. The first-order valence-corrected chi connectivity index (χ1v) is 19.5. The molecule has 0 aromatic carbocycles. The Labute approximate surface area is 269 Å². The van der Waals surface area contributed by atoms with Crippen LogP contribution in [0.4, 0.5) is 0 Å².